The van der Waals surface area contributed by atoms with Gasteiger partial charge in [-0.15, -0.1) is 0 Å². The van der Waals surface area contributed by atoms with Crippen molar-refractivity contribution in [3.63, 3.8) is 0 Å². The first-order chi connectivity index (χ1) is 17.4. The molecule has 5 nitrogen and oxygen atoms in total. The van der Waals surface area contributed by atoms with Crippen LogP contribution in [0.1, 0.15) is 62.4 Å². The summed E-state index contributed by atoms with van der Waals surface area (Å²) >= 11 is 0. The highest BCUT2D eigenvalue weighted by Crippen LogP contribution is 2.42. The van der Waals surface area contributed by atoms with Gasteiger partial charge in [0, 0.05) is 36.7 Å². The number of aliphatic hydroxyl groups is 1. The summed E-state index contributed by atoms with van der Waals surface area (Å²) in [6, 6.07) is 18.8. The molecule has 5 heteroatoms. The van der Waals surface area contributed by atoms with Crippen molar-refractivity contribution in [3.05, 3.63) is 71.4 Å². The molecule has 2 aromatic carbocycles. The fourth-order valence-electron chi connectivity index (χ4n) is 6.64. The molecule has 1 aromatic heterocycles. The summed E-state index contributed by atoms with van der Waals surface area (Å²) in [5, 5.41) is 12.9. The molecule has 5 rings (SSSR count). The molecule has 2 heterocycles. The number of aromatic amines is 1. The number of carbonyl (C=O) groups is 1. The van der Waals surface area contributed by atoms with Crippen LogP contribution in [-0.4, -0.2) is 52.2 Å². The van der Waals surface area contributed by atoms with E-state index >= 15 is 0 Å². The van der Waals surface area contributed by atoms with Crippen molar-refractivity contribution in [1.29, 1.82) is 0 Å². The highest BCUT2D eigenvalue weighted by molar-refractivity contribution is 5.85. The molecule has 1 amide bonds. The molecule has 3 aromatic rings. The van der Waals surface area contributed by atoms with Gasteiger partial charge in [0.1, 0.15) is 6.23 Å². The van der Waals surface area contributed by atoms with Crippen LogP contribution in [-0.2, 0) is 17.6 Å². The zero-order valence-electron chi connectivity index (χ0n) is 22.0. The Labute approximate surface area is 215 Å². The van der Waals surface area contributed by atoms with Crippen LogP contribution in [0, 0.1) is 17.8 Å². The smallest absolute Gasteiger partial charge is 0.226 e. The molecular formula is C31H41N3O2. The van der Waals surface area contributed by atoms with E-state index < -0.39 is 6.23 Å². The lowest BCUT2D eigenvalue weighted by Crippen LogP contribution is -2.49. The number of benzene rings is 2. The first-order valence-corrected chi connectivity index (χ1v) is 13.7. The van der Waals surface area contributed by atoms with E-state index in [1.54, 1.807) is 0 Å². The minimum absolute atomic E-state index is 0.186. The van der Waals surface area contributed by atoms with Crippen molar-refractivity contribution >= 4 is 16.8 Å². The maximum Gasteiger partial charge on any atom is 0.226 e. The Morgan fingerprint density at radius 3 is 2.47 bits per heavy atom. The van der Waals surface area contributed by atoms with E-state index in [-0.39, 0.29) is 11.9 Å². The summed E-state index contributed by atoms with van der Waals surface area (Å²) in [5.41, 5.74) is 5.00. The monoisotopic (exact) mass is 487 g/mol. The number of fused-ring (bicyclic) bond motifs is 3. The minimum atomic E-state index is -0.421. The van der Waals surface area contributed by atoms with Gasteiger partial charge in [-0.05, 0) is 67.1 Å². The van der Waals surface area contributed by atoms with E-state index in [1.807, 2.05) is 42.3 Å². The second kappa shape index (κ2) is 10.8. The fourth-order valence-corrected chi connectivity index (χ4v) is 6.64. The molecular weight excluding hydrogens is 446 g/mol. The summed E-state index contributed by atoms with van der Waals surface area (Å²) in [6.45, 7) is 6.25. The van der Waals surface area contributed by atoms with Gasteiger partial charge in [-0.1, -0.05) is 62.4 Å². The lowest BCUT2D eigenvalue weighted by Gasteiger charge is -2.45. The Balaban J connectivity index is 1.19. The van der Waals surface area contributed by atoms with Crippen molar-refractivity contribution in [1.82, 2.24) is 14.8 Å². The largest absolute Gasteiger partial charge is 0.378 e. The maximum absolute atomic E-state index is 12.7. The number of aromatic nitrogens is 1. The zero-order chi connectivity index (χ0) is 25.2. The van der Waals surface area contributed by atoms with E-state index in [4.69, 9.17) is 0 Å². The number of nitrogens with one attached hydrogen (secondary N) is 1. The molecule has 2 unspecified atom stereocenters. The average Bonchev–Trinajstić information content (AvgIpc) is 3.27. The molecule has 1 aliphatic heterocycles. The average molecular weight is 488 g/mol. The second-order valence-electron chi connectivity index (χ2n) is 11.4. The van der Waals surface area contributed by atoms with Crippen LogP contribution in [0.15, 0.2) is 54.6 Å². The molecule has 2 aliphatic rings. The van der Waals surface area contributed by atoms with Gasteiger partial charge < -0.3 is 15.0 Å². The predicted molar refractivity (Wildman–Crippen MR) is 146 cm³/mol. The van der Waals surface area contributed by atoms with Crippen molar-refractivity contribution in [2.24, 2.45) is 17.8 Å². The number of aliphatic hydroxyl groups excluding tert-OH is 1. The van der Waals surface area contributed by atoms with Crippen LogP contribution in [0.4, 0.5) is 0 Å². The number of amides is 1. The molecule has 0 saturated heterocycles. The summed E-state index contributed by atoms with van der Waals surface area (Å²) in [5.74, 6) is 1.40. The standard InChI is InChI=1S/C31H41N3O2/c1-21(2)30-29-26(25-11-7-8-12-27(25)32-29)17-18-34(30)31(36)24-15-13-23(14-16-24)20-33(3)28(35)19-22-9-5-4-6-10-22/h4-12,21,23-24,30-32,36H,13-20H2,1-3H3. The zero-order valence-corrected chi connectivity index (χ0v) is 22.0. The van der Waals surface area contributed by atoms with E-state index in [2.05, 4.69) is 48.0 Å². The van der Waals surface area contributed by atoms with Gasteiger partial charge in [-0.25, -0.2) is 0 Å². The third-order valence-electron chi connectivity index (χ3n) is 8.56. The second-order valence-corrected chi connectivity index (χ2v) is 11.4. The lowest BCUT2D eigenvalue weighted by molar-refractivity contribution is -0.130. The van der Waals surface area contributed by atoms with Gasteiger partial charge in [0.05, 0.1) is 12.5 Å². The Kier molecular flexibility index (Phi) is 7.49. The van der Waals surface area contributed by atoms with E-state index in [0.29, 0.717) is 24.2 Å². The topological polar surface area (TPSA) is 59.6 Å². The number of para-hydroxylation sites is 1. The van der Waals surface area contributed by atoms with Crippen LogP contribution in [0.3, 0.4) is 0 Å². The molecule has 0 spiro atoms. The third-order valence-corrected chi connectivity index (χ3v) is 8.56. The van der Waals surface area contributed by atoms with Gasteiger partial charge >= 0.3 is 0 Å². The first-order valence-electron chi connectivity index (χ1n) is 13.7. The fraction of sp³-hybridized carbons (Fsp3) is 0.516. The molecule has 36 heavy (non-hydrogen) atoms. The molecule has 1 saturated carbocycles. The number of carbonyl (C=O) groups excluding carboxylic acids is 1. The third kappa shape index (κ3) is 5.09. The molecule has 2 N–H and O–H groups in total. The molecule has 2 atom stereocenters. The number of H-pyrrole nitrogens is 1. The van der Waals surface area contributed by atoms with E-state index in [9.17, 15) is 9.90 Å². The van der Waals surface area contributed by atoms with Gasteiger partial charge in [-0.2, -0.15) is 0 Å². The normalized spacial score (nSPS) is 23.5. The summed E-state index contributed by atoms with van der Waals surface area (Å²) in [7, 11) is 1.94. The highest BCUT2D eigenvalue weighted by atomic mass is 16.3. The Morgan fingerprint density at radius 2 is 1.75 bits per heavy atom. The Morgan fingerprint density at radius 1 is 1.06 bits per heavy atom. The first kappa shape index (κ1) is 25.0. The van der Waals surface area contributed by atoms with Gasteiger partial charge in [0.25, 0.3) is 0 Å². The molecule has 1 fully saturated rings. The molecule has 0 radical (unpaired) electrons. The van der Waals surface area contributed by atoms with Crippen LogP contribution in [0.5, 0.6) is 0 Å². The number of hydrogen-bond donors (Lipinski definition) is 2. The van der Waals surface area contributed by atoms with E-state index in [0.717, 1.165) is 50.8 Å². The van der Waals surface area contributed by atoms with Crippen molar-refractivity contribution < 1.29 is 9.90 Å². The Hall–Kier alpha value is -2.63. The summed E-state index contributed by atoms with van der Waals surface area (Å²) in [4.78, 5) is 20.7. The molecule has 192 valence electrons. The number of rotatable bonds is 7. The predicted octanol–water partition coefficient (Wildman–Crippen LogP) is 5.55. The van der Waals surface area contributed by atoms with Gasteiger partial charge in [-0.3, -0.25) is 9.69 Å². The molecule has 0 bridgehead atoms. The number of hydrogen-bond acceptors (Lipinski definition) is 3. The quantitative estimate of drug-likeness (QED) is 0.459. The van der Waals surface area contributed by atoms with Crippen LogP contribution in [0.2, 0.25) is 0 Å². The Bertz CT molecular complexity index is 1160. The van der Waals surface area contributed by atoms with Crippen molar-refractivity contribution in [2.75, 3.05) is 20.1 Å². The maximum atomic E-state index is 12.7. The highest BCUT2D eigenvalue weighted by Gasteiger charge is 2.39. The molecule has 1 aliphatic carbocycles. The van der Waals surface area contributed by atoms with Crippen molar-refractivity contribution in [2.45, 2.75) is 64.6 Å². The SMILES string of the molecule is CC(C)C1c2[nH]c3ccccc3c2CCN1C(O)C1CCC(CN(C)C(=O)Cc2ccccc2)CC1. The van der Waals surface area contributed by atoms with Gasteiger partial charge in [0.2, 0.25) is 5.91 Å². The number of nitrogens with zero attached hydrogens (tertiary/aromatic N) is 2. The van der Waals surface area contributed by atoms with Gasteiger partial charge in [0.15, 0.2) is 0 Å². The van der Waals surface area contributed by atoms with Crippen LogP contribution in [0.25, 0.3) is 10.9 Å². The lowest BCUT2D eigenvalue weighted by atomic mass is 9.79. The van der Waals surface area contributed by atoms with Crippen molar-refractivity contribution in [3.8, 4) is 0 Å². The minimum Gasteiger partial charge on any atom is -0.378 e. The summed E-state index contributed by atoms with van der Waals surface area (Å²) in [6.07, 6.45) is 5.21. The number of likely N-dealkylation sites (N-methyl/N-ethyl adjacent to an activating group) is 1. The van der Waals surface area contributed by atoms with Crippen LogP contribution < -0.4 is 0 Å². The summed E-state index contributed by atoms with van der Waals surface area (Å²) < 4.78 is 0. The van der Waals surface area contributed by atoms with Crippen LogP contribution >= 0.6 is 0 Å². The van der Waals surface area contributed by atoms with E-state index in [1.165, 1.54) is 22.2 Å².